The summed E-state index contributed by atoms with van der Waals surface area (Å²) in [6, 6.07) is 7.11. The molecule has 6 nitrogen and oxygen atoms in total. The second-order valence-electron chi connectivity index (χ2n) is 4.76. The summed E-state index contributed by atoms with van der Waals surface area (Å²) in [6.45, 7) is 3.31. The van der Waals surface area contributed by atoms with Crippen LogP contribution in [0.1, 0.15) is 25.0 Å². The largest absolute Gasteiger partial charge is 0.381 e. The van der Waals surface area contributed by atoms with E-state index in [-0.39, 0.29) is 5.95 Å². The van der Waals surface area contributed by atoms with E-state index in [0.717, 1.165) is 11.1 Å². The first-order valence-corrected chi connectivity index (χ1v) is 6.70. The van der Waals surface area contributed by atoms with Crippen LogP contribution in [0.15, 0.2) is 30.5 Å². The van der Waals surface area contributed by atoms with E-state index in [1.54, 1.807) is 38.2 Å². The number of aromatic nitrogens is 2. The molecule has 1 atom stereocenters. The average Bonchev–Trinajstić information content (AvgIpc) is 2.45. The molecule has 112 valence electrons. The van der Waals surface area contributed by atoms with Crippen LogP contribution in [0.25, 0.3) is 0 Å². The molecule has 0 bridgehead atoms. The minimum atomic E-state index is -0.692. The van der Waals surface area contributed by atoms with Crippen LogP contribution < -0.4 is 11.1 Å². The maximum absolute atomic E-state index is 9.24. The highest BCUT2D eigenvalue weighted by Crippen LogP contribution is 2.22. The lowest BCUT2D eigenvalue weighted by molar-refractivity contribution is 0.253. The van der Waals surface area contributed by atoms with Gasteiger partial charge in [-0.15, -0.1) is 0 Å². The normalized spacial score (nSPS) is 11.2. The summed E-state index contributed by atoms with van der Waals surface area (Å²) in [5.74, 6) is 6.28. The predicted molar refractivity (Wildman–Crippen MR) is 87.2 cm³/mol. The van der Waals surface area contributed by atoms with Crippen molar-refractivity contribution in [2.75, 3.05) is 11.1 Å². The lowest BCUT2D eigenvalue weighted by Gasteiger charge is -2.11. The van der Waals surface area contributed by atoms with Gasteiger partial charge in [-0.3, -0.25) is 0 Å². The second kappa shape index (κ2) is 6.70. The average molecular weight is 295 g/mol. The van der Waals surface area contributed by atoms with Crippen LogP contribution in [0.3, 0.4) is 0 Å². The molecule has 2 rings (SSSR count). The Bertz CT molecular complexity index is 759. The molecule has 1 unspecified atom stereocenters. The molecule has 0 spiro atoms. The lowest BCUT2D eigenvalue weighted by atomic mass is 10.1. The first kappa shape index (κ1) is 15.5. The van der Waals surface area contributed by atoms with E-state index in [1.807, 2.05) is 6.07 Å². The van der Waals surface area contributed by atoms with Gasteiger partial charge in [-0.25, -0.2) is 4.98 Å². The Labute approximate surface area is 128 Å². The zero-order valence-electron chi connectivity index (χ0n) is 12.4. The highest BCUT2D eigenvalue weighted by atomic mass is 16.3. The summed E-state index contributed by atoms with van der Waals surface area (Å²) in [7, 11) is 0. The molecular weight excluding hydrogens is 278 g/mol. The smallest absolute Gasteiger partial charge is 0.221 e. The fourth-order valence-corrected chi connectivity index (χ4v) is 1.82. The van der Waals surface area contributed by atoms with Crippen LogP contribution in [0.2, 0.25) is 0 Å². The SMILES string of the molecule is CC(=N)c1ccc(C#CC(C)O)cc1Nc1ccnc(N)n1. The number of hydrogen-bond acceptors (Lipinski definition) is 6. The number of nitrogens with two attached hydrogens (primary N) is 1. The standard InChI is InChI=1S/C16H17N5O/c1-10(22)3-4-12-5-6-13(11(2)17)14(9-12)20-15-7-8-19-16(18)21-15/h5-10,17,22H,1-2H3,(H3,18,19,20,21). The third kappa shape index (κ3) is 4.04. The third-order valence-corrected chi connectivity index (χ3v) is 2.79. The summed E-state index contributed by atoms with van der Waals surface area (Å²) < 4.78 is 0. The van der Waals surface area contributed by atoms with Gasteiger partial charge in [0.15, 0.2) is 0 Å². The predicted octanol–water partition coefficient (Wildman–Crippen LogP) is 1.92. The zero-order valence-corrected chi connectivity index (χ0v) is 12.4. The molecule has 0 saturated heterocycles. The molecule has 0 saturated carbocycles. The van der Waals surface area contributed by atoms with Gasteiger partial charge in [-0.1, -0.05) is 11.8 Å². The molecule has 1 aromatic heterocycles. The molecule has 0 fully saturated rings. The topological polar surface area (TPSA) is 108 Å². The fourth-order valence-electron chi connectivity index (χ4n) is 1.82. The Morgan fingerprint density at radius 3 is 2.82 bits per heavy atom. The van der Waals surface area contributed by atoms with E-state index in [4.69, 9.17) is 11.1 Å². The first-order valence-electron chi connectivity index (χ1n) is 6.70. The first-order chi connectivity index (χ1) is 10.5. The zero-order chi connectivity index (χ0) is 16.1. The molecule has 1 heterocycles. The number of aliphatic hydroxyl groups excluding tert-OH is 1. The number of aliphatic hydroxyl groups is 1. The minimum absolute atomic E-state index is 0.170. The monoisotopic (exact) mass is 295 g/mol. The molecule has 1 aromatic carbocycles. The molecule has 22 heavy (non-hydrogen) atoms. The number of nitrogens with zero attached hydrogens (tertiary/aromatic N) is 2. The van der Waals surface area contributed by atoms with Crippen LogP contribution in [-0.2, 0) is 0 Å². The Hall–Kier alpha value is -2.91. The van der Waals surface area contributed by atoms with Crippen molar-refractivity contribution in [3.05, 3.63) is 41.6 Å². The third-order valence-electron chi connectivity index (χ3n) is 2.79. The number of hydrogen-bond donors (Lipinski definition) is 4. The van der Waals surface area contributed by atoms with Crippen molar-refractivity contribution in [1.82, 2.24) is 9.97 Å². The highest BCUT2D eigenvalue weighted by Gasteiger charge is 2.07. The van der Waals surface area contributed by atoms with E-state index in [1.165, 1.54) is 0 Å². The van der Waals surface area contributed by atoms with E-state index in [9.17, 15) is 5.11 Å². The van der Waals surface area contributed by atoms with Crippen molar-refractivity contribution in [1.29, 1.82) is 5.41 Å². The number of rotatable bonds is 3. The van der Waals surface area contributed by atoms with Gasteiger partial charge in [-0.05, 0) is 38.1 Å². The second-order valence-corrected chi connectivity index (χ2v) is 4.76. The highest BCUT2D eigenvalue weighted by molar-refractivity contribution is 6.02. The van der Waals surface area contributed by atoms with Gasteiger partial charge in [0.05, 0.1) is 0 Å². The minimum Gasteiger partial charge on any atom is -0.381 e. The van der Waals surface area contributed by atoms with Crippen LogP contribution in [0, 0.1) is 17.3 Å². The quantitative estimate of drug-likeness (QED) is 0.511. The van der Waals surface area contributed by atoms with Gasteiger partial charge in [0, 0.05) is 28.7 Å². The molecule has 2 aromatic rings. The van der Waals surface area contributed by atoms with Gasteiger partial charge in [0.25, 0.3) is 0 Å². The van der Waals surface area contributed by atoms with Crippen LogP contribution in [0.4, 0.5) is 17.5 Å². The molecular formula is C16H17N5O. The van der Waals surface area contributed by atoms with Crippen LogP contribution in [-0.4, -0.2) is 26.9 Å². The van der Waals surface area contributed by atoms with Crippen molar-refractivity contribution in [3.63, 3.8) is 0 Å². The van der Waals surface area contributed by atoms with Crippen molar-refractivity contribution in [2.45, 2.75) is 20.0 Å². The van der Waals surface area contributed by atoms with Gasteiger partial charge in [-0.2, -0.15) is 4.98 Å². The van der Waals surface area contributed by atoms with Crippen molar-refractivity contribution < 1.29 is 5.11 Å². The molecule has 0 aliphatic carbocycles. The summed E-state index contributed by atoms with van der Waals surface area (Å²) in [4.78, 5) is 7.92. The molecule has 0 amide bonds. The molecule has 6 heteroatoms. The van der Waals surface area contributed by atoms with E-state index >= 15 is 0 Å². The summed E-state index contributed by atoms with van der Waals surface area (Å²) in [5.41, 5.74) is 8.15. The summed E-state index contributed by atoms with van der Waals surface area (Å²) in [5, 5.41) is 20.2. The number of nitrogens with one attached hydrogen (secondary N) is 2. The number of anilines is 3. The molecule has 0 aliphatic heterocycles. The van der Waals surface area contributed by atoms with Gasteiger partial charge >= 0.3 is 0 Å². The van der Waals surface area contributed by atoms with E-state index in [2.05, 4.69) is 27.1 Å². The maximum Gasteiger partial charge on any atom is 0.221 e. The molecule has 5 N–H and O–H groups in total. The Morgan fingerprint density at radius 1 is 1.41 bits per heavy atom. The van der Waals surface area contributed by atoms with Gasteiger partial charge in [0.1, 0.15) is 11.9 Å². The maximum atomic E-state index is 9.24. The van der Waals surface area contributed by atoms with Crippen LogP contribution >= 0.6 is 0 Å². The fraction of sp³-hybridized carbons (Fsp3) is 0.188. The van der Waals surface area contributed by atoms with Gasteiger partial charge in [0.2, 0.25) is 5.95 Å². The summed E-state index contributed by atoms with van der Waals surface area (Å²) >= 11 is 0. The molecule has 0 radical (unpaired) electrons. The van der Waals surface area contributed by atoms with Crippen molar-refractivity contribution in [3.8, 4) is 11.8 Å². The number of benzene rings is 1. The summed E-state index contributed by atoms with van der Waals surface area (Å²) in [6.07, 6.45) is 0.862. The lowest BCUT2D eigenvalue weighted by Crippen LogP contribution is -2.04. The van der Waals surface area contributed by atoms with Crippen LogP contribution in [0.5, 0.6) is 0 Å². The molecule has 0 aliphatic rings. The number of nitrogen functional groups attached to an aromatic ring is 1. The van der Waals surface area contributed by atoms with Crippen molar-refractivity contribution >= 4 is 23.2 Å². The van der Waals surface area contributed by atoms with E-state index in [0.29, 0.717) is 17.2 Å². The Morgan fingerprint density at radius 2 is 2.18 bits per heavy atom. The Kier molecular flexibility index (Phi) is 4.71. The van der Waals surface area contributed by atoms with E-state index < -0.39 is 6.10 Å². The Balaban J connectivity index is 2.40. The van der Waals surface area contributed by atoms with Gasteiger partial charge < -0.3 is 21.6 Å². The van der Waals surface area contributed by atoms with Crippen molar-refractivity contribution in [2.24, 2.45) is 0 Å².